The Hall–Kier alpha value is -1.35. The van der Waals surface area contributed by atoms with Gasteiger partial charge in [0.25, 0.3) is 0 Å². The van der Waals surface area contributed by atoms with Crippen molar-refractivity contribution in [1.82, 2.24) is 5.32 Å². The third-order valence-electron chi connectivity index (χ3n) is 4.29. The van der Waals surface area contributed by atoms with E-state index < -0.39 is 0 Å². The number of carbonyl (C=O) groups is 1. The number of aliphatic hydroxyl groups excluding tert-OH is 1. The summed E-state index contributed by atoms with van der Waals surface area (Å²) in [6.07, 6.45) is 7.26. The highest BCUT2D eigenvalue weighted by Crippen LogP contribution is 2.22. The zero-order valence-electron chi connectivity index (χ0n) is 13.0. The van der Waals surface area contributed by atoms with E-state index in [0.29, 0.717) is 18.9 Å². The predicted octanol–water partition coefficient (Wildman–Crippen LogP) is 2.63. The molecular weight excluding hydrogens is 262 g/mol. The molecule has 1 atom stereocenters. The summed E-state index contributed by atoms with van der Waals surface area (Å²) in [5.74, 6) is 0.421. The zero-order chi connectivity index (χ0) is 15.1. The lowest BCUT2D eigenvalue weighted by molar-refractivity contribution is -0.120. The van der Waals surface area contributed by atoms with Crippen LogP contribution in [0.5, 0.6) is 0 Å². The number of benzene rings is 1. The molecule has 0 aliphatic heterocycles. The summed E-state index contributed by atoms with van der Waals surface area (Å²) in [6, 6.07) is 6.50. The molecule has 0 heterocycles. The normalized spacial score (nSPS) is 15.3. The maximum absolute atomic E-state index is 11.9. The minimum absolute atomic E-state index is 0.0995. The maximum atomic E-state index is 11.9. The summed E-state index contributed by atoms with van der Waals surface area (Å²) in [5.41, 5.74) is 4.02. The van der Waals surface area contributed by atoms with Crippen molar-refractivity contribution in [3.05, 3.63) is 34.9 Å². The molecule has 0 aromatic heterocycles. The smallest absolute Gasteiger partial charge is 0.224 e. The van der Waals surface area contributed by atoms with E-state index in [2.05, 4.69) is 23.5 Å². The van der Waals surface area contributed by atoms with Crippen molar-refractivity contribution in [3.63, 3.8) is 0 Å². The number of rotatable bonds is 7. The van der Waals surface area contributed by atoms with Gasteiger partial charge in [0.1, 0.15) is 0 Å². The number of fused-ring (bicyclic) bond motifs is 1. The molecule has 1 unspecified atom stereocenters. The minimum Gasteiger partial charge on any atom is -0.396 e. The van der Waals surface area contributed by atoms with Crippen LogP contribution in [0.4, 0.5) is 0 Å². The second-order valence-corrected chi connectivity index (χ2v) is 6.27. The summed E-state index contributed by atoms with van der Waals surface area (Å²) in [5, 5.41) is 11.9. The fourth-order valence-electron chi connectivity index (χ4n) is 2.91. The number of hydrogen-bond acceptors (Lipinski definition) is 2. The van der Waals surface area contributed by atoms with E-state index in [0.717, 1.165) is 24.8 Å². The van der Waals surface area contributed by atoms with Crippen LogP contribution >= 0.6 is 0 Å². The average molecular weight is 289 g/mol. The fraction of sp³-hybridized carbons (Fsp3) is 0.611. The van der Waals surface area contributed by atoms with Crippen LogP contribution in [0.2, 0.25) is 0 Å². The first kappa shape index (κ1) is 16.0. The van der Waals surface area contributed by atoms with Gasteiger partial charge in [0.05, 0.1) is 6.42 Å². The molecule has 0 saturated carbocycles. The molecule has 21 heavy (non-hydrogen) atoms. The highest BCUT2D eigenvalue weighted by molar-refractivity contribution is 5.78. The van der Waals surface area contributed by atoms with Crippen molar-refractivity contribution in [2.24, 2.45) is 5.92 Å². The van der Waals surface area contributed by atoms with E-state index in [4.69, 9.17) is 5.11 Å². The lowest BCUT2D eigenvalue weighted by Crippen LogP contribution is -2.26. The number of amides is 1. The van der Waals surface area contributed by atoms with Gasteiger partial charge in [-0.25, -0.2) is 0 Å². The molecule has 2 N–H and O–H groups in total. The maximum Gasteiger partial charge on any atom is 0.224 e. The largest absolute Gasteiger partial charge is 0.396 e. The lowest BCUT2D eigenvalue weighted by Gasteiger charge is -2.16. The molecule has 2 rings (SSSR count). The van der Waals surface area contributed by atoms with Crippen molar-refractivity contribution in [1.29, 1.82) is 0 Å². The van der Waals surface area contributed by atoms with Crippen LogP contribution in [0.25, 0.3) is 0 Å². The van der Waals surface area contributed by atoms with Crippen LogP contribution in [0.15, 0.2) is 18.2 Å². The Labute approximate surface area is 127 Å². The van der Waals surface area contributed by atoms with Crippen molar-refractivity contribution < 1.29 is 9.90 Å². The molecule has 0 radical (unpaired) electrons. The molecule has 0 fully saturated rings. The number of nitrogens with one attached hydrogen (secondary N) is 1. The van der Waals surface area contributed by atoms with Crippen molar-refractivity contribution in [2.45, 2.75) is 51.9 Å². The van der Waals surface area contributed by atoms with Gasteiger partial charge in [-0.3, -0.25) is 4.79 Å². The third kappa shape index (κ3) is 5.16. The van der Waals surface area contributed by atoms with Gasteiger partial charge in [0.15, 0.2) is 0 Å². The second-order valence-electron chi connectivity index (χ2n) is 6.27. The van der Waals surface area contributed by atoms with Crippen LogP contribution in [-0.4, -0.2) is 24.2 Å². The van der Waals surface area contributed by atoms with Crippen LogP contribution in [0, 0.1) is 5.92 Å². The van der Waals surface area contributed by atoms with Crippen molar-refractivity contribution in [2.75, 3.05) is 13.2 Å². The monoisotopic (exact) mass is 289 g/mol. The Morgan fingerprint density at radius 1 is 1.29 bits per heavy atom. The van der Waals surface area contributed by atoms with Crippen LogP contribution < -0.4 is 5.32 Å². The van der Waals surface area contributed by atoms with Gasteiger partial charge < -0.3 is 10.4 Å². The lowest BCUT2D eigenvalue weighted by atomic mass is 9.90. The topological polar surface area (TPSA) is 49.3 Å². The molecule has 0 spiro atoms. The standard InChI is InChI=1S/C18H27NO2/c1-14(13-20)5-4-10-19-18(21)12-15-8-9-16-6-2-3-7-17(16)11-15/h8-9,11,14,20H,2-7,10,12-13H2,1H3,(H,19,21). The Morgan fingerprint density at radius 2 is 2.05 bits per heavy atom. The molecule has 1 aliphatic carbocycles. The van der Waals surface area contributed by atoms with E-state index >= 15 is 0 Å². The molecule has 116 valence electrons. The average Bonchev–Trinajstić information content (AvgIpc) is 2.51. The molecule has 0 bridgehead atoms. The fourth-order valence-corrected chi connectivity index (χ4v) is 2.91. The summed E-state index contributed by atoms with van der Waals surface area (Å²) in [6.45, 7) is 2.95. The number of carbonyl (C=O) groups excluding carboxylic acids is 1. The minimum atomic E-state index is 0.0995. The molecule has 1 aromatic rings. The van der Waals surface area contributed by atoms with E-state index in [-0.39, 0.29) is 12.5 Å². The van der Waals surface area contributed by atoms with E-state index in [1.54, 1.807) is 0 Å². The summed E-state index contributed by atoms with van der Waals surface area (Å²) >= 11 is 0. The number of aliphatic hydroxyl groups is 1. The van der Waals surface area contributed by atoms with Gasteiger partial charge >= 0.3 is 0 Å². The van der Waals surface area contributed by atoms with E-state index in [1.807, 2.05) is 6.92 Å². The highest BCUT2D eigenvalue weighted by atomic mass is 16.3. The SMILES string of the molecule is CC(CO)CCCNC(=O)Cc1ccc2c(c1)CCCC2. The van der Waals surface area contributed by atoms with E-state index in [9.17, 15) is 4.79 Å². The molecule has 1 aromatic carbocycles. The Morgan fingerprint density at radius 3 is 2.81 bits per heavy atom. The second kappa shape index (κ2) is 8.18. The first-order valence-electron chi connectivity index (χ1n) is 8.17. The van der Waals surface area contributed by atoms with Gasteiger partial charge in [0.2, 0.25) is 5.91 Å². The van der Waals surface area contributed by atoms with Gasteiger partial charge in [-0.05, 0) is 61.1 Å². The first-order valence-corrected chi connectivity index (χ1v) is 8.17. The first-order chi connectivity index (χ1) is 10.2. The number of aryl methyl sites for hydroxylation is 2. The Kier molecular flexibility index (Phi) is 6.24. The van der Waals surface area contributed by atoms with Crippen LogP contribution in [-0.2, 0) is 24.1 Å². The molecule has 3 heteroatoms. The van der Waals surface area contributed by atoms with Crippen LogP contribution in [0.3, 0.4) is 0 Å². The predicted molar refractivity (Wildman–Crippen MR) is 85.3 cm³/mol. The number of hydrogen-bond donors (Lipinski definition) is 2. The highest BCUT2D eigenvalue weighted by Gasteiger charge is 2.11. The van der Waals surface area contributed by atoms with Crippen LogP contribution in [0.1, 0.15) is 49.3 Å². The zero-order valence-corrected chi connectivity index (χ0v) is 13.0. The van der Waals surface area contributed by atoms with E-state index in [1.165, 1.54) is 30.4 Å². The molecule has 3 nitrogen and oxygen atoms in total. The Bertz CT molecular complexity index is 470. The van der Waals surface area contributed by atoms with Gasteiger partial charge in [0, 0.05) is 13.2 Å². The molecule has 0 saturated heterocycles. The van der Waals surface area contributed by atoms with Crippen molar-refractivity contribution >= 4 is 5.91 Å². The molecule has 1 amide bonds. The third-order valence-corrected chi connectivity index (χ3v) is 4.29. The Balaban J connectivity index is 1.75. The summed E-state index contributed by atoms with van der Waals surface area (Å²) < 4.78 is 0. The summed E-state index contributed by atoms with van der Waals surface area (Å²) in [4.78, 5) is 11.9. The van der Waals surface area contributed by atoms with Gasteiger partial charge in [-0.15, -0.1) is 0 Å². The quantitative estimate of drug-likeness (QED) is 0.758. The van der Waals surface area contributed by atoms with Crippen molar-refractivity contribution in [3.8, 4) is 0 Å². The van der Waals surface area contributed by atoms with Gasteiger partial charge in [-0.2, -0.15) is 0 Å². The van der Waals surface area contributed by atoms with Gasteiger partial charge in [-0.1, -0.05) is 25.1 Å². The molecular formula is C18H27NO2. The summed E-state index contributed by atoms with van der Waals surface area (Å²) in [7, 11) is 0. The molecule has 1 aliphatic rings.